The number of hydrogen-bond donors (Lipinski definition) is 0. The molecule has 7 nitrogen and oxygen atoms in total. The zero-order chi connectivity index (χ0) is 25.9. The fourth-order valence-corrected chi connectivity index (χ4v) is 6.97. The van der Waals surface area contributed by atoms with Crippen molar-refractivity contribution in [3.8, 4) is 11.1 Å². The van der Waals surface area contributed by atoms with E-state index < -0.39 is 8.07 Å². The van der Waals surface area contributed by atoms with Crippen molar-refractivity contribution in [1.82, 2.24) is 24.3 Å². The van der Waals surface area contributed by atoms with E-state index >= 15 is 4.39 Å². The number of aryl methyl sites for hydroxylation is 1. The van der Waals surface area contributed by atoms with E-state index in [1.807, 2.05) is 30.1 Å². The molecule has 3 atom stereocenters. The van der Waals surface area contributed by atoms with Crippen LogP contribution in [-0.2, 0) is 18.5 Å². The van der Waals surface area contributed by atoms with Gasteiger partial charge in [-0.3, -0.25) is 4.68 Å². The monoisotopic (exact) mass is 520 g/mol. The minimum atomic E-state index is -1.20. The van der Waals surface area contributed by atoms with E-state index in [1.54, 1.807) is 16.9 Å². The van der Waals surface area contributed by atoms with Crippen molar-refractivity contribution in [2.45, 2.75) is 77.1 Å². The highest BCUT2D eigenvalue weighted by molar-refractivity contribution is 6.76. The van der Waals surface area contributed by atoms with Crippen LogP contribution < -0.4 is 4.90 Å². The molecule has 0 spiro atoms. The highest BCUT2D eigenvalue weighted by atomic mass is 28.3. The lowest BCUT2D eigenvalue weighted by atomic mass is 9.92. The van der Waals surface area contributed by atoms with Crippen LogP contribution in [-0.4, -0.2) is 51.1 Å². The lowest BCUT2D eigenvalue weighted by Gasteiger charge is -2.38. The molecule has 37 heavy (non-hydrogen) atoms. The number of halogens is 1. The number of nitrogens with zero attached hydrogens (tertiary/aromatic N) is 6. The summed E-state index contributed by atoms with van der Waals surface area (Å²) < 4.78 is 25.5. The van der Waals surface area contributed by atoms with Crippen LogP contribution in [0.2, 0.25) is 25.7 Å². The van der Waals surface area contributed by atoms with Gasteiger partial charge in [0.15, 0.2) is 5.65 Å². The Morgan fingerprint density at radius 1 is 1.08 bits per heavy atom. The van der Waals surface area contributed by atoms with Crippen molar-refractivity contribution in [2.24, 2.45) is 13.0 Å². The van der Waals surface area contributed by atoms with Crippen LogP contribution in [0.5, 0.6) is 0 Å². The number of benzene rings is 1. The molecule has 9 heteroatoms. The zero-order valence-electron chi connectivity index (χ0n) is 22.5. The van der Waals surface area contributed by atoms with E-state index in [9.17, 15) is 0 Å². The summed E-state index contributed by atoms with van der Waals surface area (Å²) in [6.45, 7) is 10.5. The second-order valence-electron chi connectivity index (χ2n) is 12.3. The van der Waals surface area contributed by atoms with Crippen LogP contribution in [0.25, 0.3) is 33.2 Å². The number of anilines is 1. The highest BCUT2D eigenvalue weighted by Gasteiger charge is 2.40. The Morgan fingerprint density at radius 2 is 1.84 bits per heavy atom. The third-order valence-electron chi connectivity index (χ3n) is 8.04. The summed E-state index contributed by atoms with van der Waals surface area (Å²) in [5, 5.41) is 4.87. The zero-order valence-corrected chi connectivity index (χ0v) is 23.5. The number of hydrogen-bond acceptors (Lipinski definition) is 5. The van der Waals surface area contributed by atoms with E-state index in [2.05, 4.69) is 36.6 Å². The summed E-state index contributed by atoms with van der Waals surface area (Å²) in [4.78, 5) is 12.6. The van der Waals surface area contributed by atoms with E-state index in [4.69, 9.17) is 14.7 Å². The van der Waals surface area contributed by atoms with Gasteiger partial charge in [0.1, 0.15) is 23.9 Å². The van der Waals surface area contributed by atoms with Crippen LogP contribution in [0.15, 0.2) is 30.7 Å². The maximum Gasteiger partial charge on any atom is 0.163 e. The number of fused-ring (bicyclic) bond motifs is 4. The summed E-state index contributed by atoms with van der Waals surface area (Å²) >= 11 is 0. The molecular formula is C28H37FN6OSi. The molecule has 2 aliphatic heterocycles. The standard InChI is InChI=1S/C28H37FN6OSi/c1-18-12-19-6-7-20(13-18)35(19)25-14-30-27-22(21-8-9-24-23(26(21)29)15-33(2)32-24)16-34(28(27)31-25)17-36-10-11-37(3,4)5/h8-9,14-16,18-20H,6-7,10-13,17H2,1-5H3/t18?,19-,20+. The molecular weight excluding hydrogens is 483 g/mol. The fraction of sp³-hybridized carbons (Fsp3) is 0.536. The molecule has 5 heterocycles. The Bertz CT molecular complexity index is 1440. The molecule has 2 fully saturated rings. The molecule has 0 aliphatic carbocycles. The van der Waals surface area contributed by atoms with Gasteiger partial charge >= 0.3 is 0 Å². The minimum Gasteiger partial charge on any atom is -0.361 e. The van der Waals surface area contributed by atoms with E-state index in [0.29, 0.717) is 47.4 Å². The van der Waals surface area contributed by atoms with Crippen LogP contribution in [0.1, 0.15) is 32.6 Å². The van der Waals surface area contributed by atoms with Gasteiger partial charge < -0.3 is 14.2 Å². The molecule has 3 aromatic heterocycles. The van der Waals surface area contributed by atoms with Gasteiger partial charge in [0.25, 0.3) is 0 Å². The van der Waals surface area contributed by atoms with Crippen molar-refractivity contribution < 1.29 is 9.13 Å². The first-order valence-electron chi connectivity index (χ1n) is 13.5. The first kappa shape index (κ1) is 24.5. The lowest BCUT2D eigenvalue weighted by molar-refractivity contribution is 0.0899. The predicted molar refractivity (Wildman–Crippen MR) is 149 cm³/mol. The predicted octanol–water partition coefficient (Wildman–Crippen LogP) is 6.20. The van der Waals surface area contributed by atoms with Gasteiger partial charge in [0, 0.05) is 57.3 Å². The topological polar surface area (TPSA) is 61.0 Å². The Kier molecular flexibility index (Phi) is 6.10. The normalized spacial score (nSPS) is 22.0. The molecule has 0 radical (unpaired) electrons. The lowest BCUT2D eigenvalue weighted by Crippen LogP contribution is -2.43. The van der Waals surface area contributed by atoms with Crippen molar-refractivity contribution >= 4 is 36.0 Å². The number of ether oxygens (including phenoxy) is 1. The number of rotatable bonds is 7. The third-order valence-corrected chi connectivity index (χ3v) is 9.75. The third kappa shape index (κ3) is 4.56. The maximum absolute atomic E-state index is 15.7. The first-order chi connectivity index (χ1) is 17.7. The minimum absolute atomic E-state index is 0.279. The summed E-state index contributed by atoms with van der Waals surface area (Å²) in [6.07, 6.45) is 10.4. The molecule has 1 aromatic carbocycles. The van der Waals surface area contributed by atoms with Gasteiger partial charge in [-0.25, -0.2) is 14.4 Å². The van der Waals surface area contributed by atoms with E-state index in [-0.39, 0.29) is 5.82 Å². The summed E-state index contributed by atoms with van der Waals surface area (Å²) in [6, 6.07) is 5.83. The van der Waals surface area contributed by atoms with Gasteiger partial charge in [-0.05, 0) is 49.8 Å². The van der Waals surface area contributed by atoms with Gasteiger partial charge in [-0.15, -0.1) is 0 Å². The molecule has 2 bridgehead atoms. The Labute approximate surface area is 218 Å². The van der Waals surface area contributed by atoms with Crippen molar-refractivity contribution in [3.05, 3.63) is 36.5 Å². The summed E-state index contributed by atoms with van der Waals surface area (Å²) in [7, 11) is 0.610. The molecule has 6 rings (SSSR count). The molecule has 0 N–H and O–H groups in total. The van der Waals surface area contributed by atoms with E-state index in [1.165, 1.54) is 25.7 Å². The molecule has 2 saturated heterocycles. The van der Waals surface area contributed by atoms with Crippen molar-refractivity contribution in [1.29, 1.82) is 0 Å². The van der Waals surface area contributed by atoms with Gasteiger partial charge in [0.2, 0.25) is 0 Å². The van der Waals surface area contributed by atoms with Crippen molar-refractivity contribution in [3.63, 3.8) is 0 Å². The second kappa shape index (κ2) is 9.20. The summed E-state index contributed by atoms with van der Waals surface area (Å²) in [5.41, 5.74) is 3.36. The Balaban J connectivity index is 1.41. The Hall–Kier alpha value is -2.78. The van der Waals surface area contributed by atoms with Gasteiger partial charge in [0.05, 0.1) is 17.1 Å². The van der Waals surface area contributed by atoms with Crippen LogP contribution in [0, 0.1) is 11.7 Å². The molecule has 196 valence electrons. The first-order valence-corrected chi connectivity index (χ1v) is 17.2. The average Bonchev–Trinajstić information content (AvgIpc) is 3.48. The molecule has 4 aromatic rings. The smallest absolute Gasteiger partial charge is 0.163 e. The van der Waals surface area contributed by atoms with Crippen LogP contribution >= 0.6 is 0 Å². The largest absolute Gasteiger partial charge is 0.361 e. The molecule has 0 amide bonds. The molecule has 1 unspecified atom stereocenters. The van der Waals surface area contributed by atoms with Crippen LogP contribution in [0.3, 0.4) is 0 Å². The van der Waals surface area contributed by atoms with Gasteiger partial charge in [-0.2, -0.15) is 5.10 Å². The maximum atomic E-state index is 15.7. The highest BCUT2D eigenvalue weighted by Crippen LogP contribution is 2.41. The fourth-order valence-electron chi connectivity index (χ4n) is 6.21. The Morgan fingerprint density at radius 3 is 2.57 bits per heavy atom. The van der Waals surface area contributed by atoms with Crippen molar-refractivity contribution in [2.75, 3.05) is 11.5 Å². The average molecular weight is 521 g/mol. The summed E-state index contributed by atoms with van der Waals surface area (Å²) in [5.74, 6) is 1.41. The number of piperidine rings is 1. The quantitative estimate of drug-likeness (QED) is 0.214. The second-order valence-corrected chi connectivity index (χ2v) is 17.9. The SMILES string of the molecule is CC1C[C@H]2CC[C@@H](C1)N2c1cnc2c(-c3ccc4nn(C)cc4c3F)cn(COCC[Si](C)(C)C)c2n1. The molecule has 0 saturated carbocycles. The number of aromatic nitrogens is 5. The van der Waals surface area contributed by atoms with Gasteiger partial charge in [-0.1, -0.05) is 26.6 Å². The van der Waals surface area contributed by atoms with Crippen LogP contribution in [0.4, 0.5) is 10.2 Å². The van der Waals surface area contributed by atoms with E-state index in [0.717, 1.165) is 29.0 Å². The molecule has 2 aliphatic rings.